The summed E-state index contributed by atoms with van der Waals surface area (Å²) >= 11 is 0. The second-order valence-electron chi connectivity index (χ2n) is 5.27. The van der Waals surface area contributed by atoms with E-state index in [1.54, 1.807) is 18.6 Å². The predicted molar refractivity (Wildman–Crippen MR) is 71.0 cm³/mol. The molecule has 0 radical (unpaired) electrons. The second kappa shape index (κ2) is 5.81. The van der Waals surface area contributed by atoms with Crippen LogP contribution in [0.3, 0.4) is 0 Å². The maximum atomic E-state index is 6.00. The minimum absolute atomic E-state index is 0.134. The molecule has 19 heavy (non-hydrogen) atoms. The largest absolute Gasteiger partial charge is 0.377 e. The molecule has 0 aromatic carbocycles. The standard InChI is InChI=1S/C13H20N4O2/c1-2-16-12(7-14-1)17-6-11-5-13(19-8-11)9-15-3-4-18-10-13/h1-2,7,11,15H,3-6,8-10H2,(H,16,17)/t11-,13-/m1/s1. The van der Waals surface area contributed by atoms with Crippen molar-refractivity contribution in [1.82, 2.24) is 15.3 Å². The summed E-state index contributed by atoms with van der Waals surface area (Å²) in [5.41, 5.74) is -0.134. The highest BCUT2D eigenvalue weighted by molar-refractivity contribution is 5.29. The van der Waals surface area contributed by atoms with Gasteiger partial charge < -0.3 is 20.1 Å². The Hall–Kier alpha value is -1.24. The van der Waals surface area contributed by atoms with Crippen LogP contribution in [0, 0.1) is 5.92 Å². The Kier molecular flexibility index (Phi) is 3.91. The Morgan fingerprint density at radius 2 is 2.47 bits per heavy atom. The molecular formula is C13H20N4O2. The summed E-state index contributed by atoms with van der Waals surface area (Å²) < 4.78 is 11.6. The zero-order valence-electron chi connectivity index (χ0n) is 11.0. The smallest absolute Gasteiger partial charge is 0.144 e. The highest BCUT2D eigenvalue weighted by Crippen LogP contribution is 2.31. The van der Waals surface area contributed by atoms with Crippen LogP contribution >= 0.6 is 0 Å². The third-order valence-corrected chi connectivity index (χ3v) is 3.66. The highest BCUT2D eigenvalue weighted by Gasteiger charge is 2.41. The average molecular weight is 264 g/mol. The predicted octanol–water partition coefficient (Wildman–Crippen LogP) is 0.284. The molecule has 0 bridgehead atoms. The molecule has 2 fully saturated rings. The van der Waals surface area contributed by atoms with Gasteiger partial charge in [0, 0.05) is 37.9 Å². The Bertz CT molecular complexity index is 393. The summed E-state index contributed by atoms with van der Waals surface area (Å²) in [6.45, 7) is 4.90. The van der Waals surface area contributed by atoms with Gasteiger partial charge in [-0.05, 0) is 6.42 Å². The number of anilines is 1. The molecule has 2 atom stereocenters. The molecule has 2 N–H and O–H groups in total. The van der Waals surface area contributed by atoms with Crippen LogP contribution in [0.4, 0.5) is 5.82 Å². The van der Waals surface area contributed by atoms with E-state index in [0.717, 1.165) is 45.1 Å². The minimum atomic E-state index is -0.134. The lowest BCUT2D eigenvalue weighted by atomic mass is 9.95. The number of hydrogen-bond donors (Lipinski definition) is 2. The lowest BCUT2D eigenvalue weighted by Gasteiger charge is -2.25. The van der Waals surface area contributed by atoms with E-state index in [1.807, 2.05) is 0 Å². The fraction of sp³-hybridized carbons (Fsp3) is 0.692. The molecule has 0 unspecified atom stereocenters. The number of rotatable bonds is 3. The van der Waals surface area contributed by atoms with Gasteiger partial charge in [0.25, 0.3) is 0 Å². The summed E-state index contributed by atoms with van der Waals surface area (Å²) in [7, 11) is 0. The van der Waals surface area contributed by atoms with Gasteiger partial charge >= 0.3 is 0 Å². The Balaban J connectivity index is 1.51. The molecule has 1 aromatic rings. The average Bonchev–Trinajstić information content (AvgIpc) is 2.70. The lowest BCUT2D eigenvalue weighted by Crippen LogP contribution is -2.42. The molecule has 1 spiro atoms. The van der Waals surface area contributed by atoms with E-state index in [0.29, 0.717) is 12.5 Å². The Morgan fingerprint density at radius 1 is 1.47 bits per heavy atom. The van der Waals surface area contributed by atoms with Crippen LogP contribution < -0.4 is 10.6 Å². The van der Waals surface area contributed by atoms with Gasteiger partial charge in [0.05, 0.1) is 26.0 Å². The maximum absolute atomic E-state index is 6.00. The van der Waals surface area contributed by atoms with Gasteiger partial charge in [-0.3, -0.25) is 4.98 Å². The third kappa shape index (κ3) is 3.20. The van der Waals surface area contributed by atoms with Crippen molar-refractivity contribution in [2.24, 2.45) is 5.92 Å². The lowest BCUT2D eigenvalue weighted by molar-refractivity contribution is -0.0471. The van der Waals surface area contributed by atoms with Crippen LogP contribution in [0.15, 0.2) is 18.6 Å². The van der Waals surface area contributed by atoms with Crippen LogP contribution in [-0.2, 0) is 9.47 Å². The fourth-order valence-electron chi connectivity index (χ4n) is 2.70. The number of hydrogen-bond acceptors (Lipinski definition) is 6. The van der Waals surface area contributed by atoms with Crippen molar-refractivity contribution in [1.29, 1.82) is 0 Å². The highest BCUT2D eigenvalue weighted by atomic mass is 16.5. The van der Waals surface area contributed by atoms with E-state index in [-0.39, 0.29) is 5.60 Å². The van der Waals surface area contributed by atoms with Gasteiger partial charge in [-0.25, -0.2) is 4.98 Å². The quantitative estimate of drug-likeness (QED) is 0.817. The van der Waals surface area contributed by atoms with Crippen molar-refractivity contribution < 1.29 is 9.47 Å². The molecule has 104 valence electrons. The molecular weight excluding hydrogens is 244 g/mol. The molecule has 0 amide bonds. The van der Waals surface area contributed by atoms with Crippen LogP contribution in [0.1, 0.15) is 6.42 Å². The van der Waals surface area contributed by atoms with E-state index in [9.17, 15) is 0 Å². The molecule has 2 aliphatic rings. The van der Waals surface area contributed by atoms with E-state index in [2.05, 4.69) is 20.6 Å². The molecule has 0 saturated carbocycles. The molecule has 6 nitrogen and oxygen atoms in total. The van der Waals surface area contributed by atoms with Gasteiger partial charge in [-0.2, -0.15) is 0 Å². The summed E-state index contributed by atoms with van der Waals surface area (Å²) in [5, 5.41) is 6.69. The zero-order valence-corrected chi connectivity index (χ0v) is 11.0. The van der Waals surface area contributed by atoms with Gasteiger partial charge in [0.1, 0.15) is 11.4 Å². The van der Waals surface area contributed by atoms with Crippen LogP contribution in [0.2, 0.25) is 0 Å². The van der Waals surface area contributed by atoms with Gasteiger partial charge in [0.2, 0.25) is 0 Å². The monoisotopic (exact) mass is 264 g/mol. The van der Waals surface area contributed by atoms with Gasteiger partial charge in [-0.15, -0.1) is 0 Å². The molecule has 3 rings (SSSR count). The summed E-state index contributed by atoms with van der Waals surface area (Å²) in [5.74, 6) is 1.31. The van der Waals surface area contributed by atoms with Crippen molar-refractivity contribution in [3.8, 4) is 0 Å². The van der Waals surface area contributed by atoms with E-state index < -0.39 is 0 Å². The normalized spacial score (nSPS) is 31.3. The number of nitrogens with one attached hydrogen (secondary N) is 2. The van der Waals surface area contributed by atoms with Crippen molar-refractivity contribution in [3.05, 3.63) is 18.6 Å². The third-order valence-electron chi connectivity index (χ3n) is 3.66. The number of aromatic nitrogens is 2. The van der Waals surface area contributed by atoms with E-state index in [4.69, 9.17) is 9.47 Å². The molecule has 1 aromatic heterocycles. The fourth-order valence-corrected chi connectivity index (χ4v) is 2.70. The van der Waals surface area contributed by atoms with Crippen LogP contribution in [0.5, 0.6) is 0 Å². The maximum Gasteiger partial charge on any atom is 0.144 e. The molecule has 2 saturated heterocycles. The topological polar surface area (TPSA) is 68.3 Å². The first-order chi connectivity index (χ1) is 9.36. The van der Waals surface area contributed by atoms with Crippen molar-refractivity contribution in [2.75, 3.05) is 44.8 Å². The Labute approximate surface area is 112 Å². The van der Waals surface area contributed by atoms with Crippen molar-refractivity contribution in [2.45, 2.75) is 12.0 Å². The van der Waals surface area contributed by atoms with Gasteiger partial charge in [-0.1, -0.05) is 0 Å². The first-order valence-electron chi connectivity index (χ1n) is 6.79. The zero-order chi connectivity index (χ0) is 13.0. The van der Waals surface area contributed by atoms with Gasteiger partial charge in [0.15, 0.2) is 0 Å². The summed E-state index contributed by atoms with van der Waals surface area (Å²) in [4.78, 5) is 8.25. The second-order valence-corrected chi connectivity index (χ2v) is 5.27. The Morgan fingerprint density at radius 3 is 3.37 bits per heavy atom. The first-order valence-corrected chi connectivity index (χ1v) is 6.79. The SMILES string of the molecule is c1cnc(NC[C@@H]2CO[C@@]3(CNCCOC3)C2)cn1. The molecule has 6 heteroatoms. The van der Waals surface area contributed by atoms with Crippen LogP contribution in [0.25, 0.3) is 0 Å². The number of ether oxygens (including phenoxy) is 2. The first kappa shape index (κ1) is 12.8. The van der Waals surface area contributed by atoms with E-state index in [1.165, 1.54) is 0 Å². The molecule has 0 aliphatic carbocycles. The van der Waals surface area contributed by atoms with Crippen LogP contribution in [-0.4, -0.2) is 55.0 Å². The molecule has 2 aliphatic heterocycles. The number of nitrogens with zero attached hydrogens (tertiary/aromatic N) is 2. The van der Waals surface area contributed by atoms with E-state index >= 15 is 0 Å². The van der Waals surface area contributed by atoms with Crippen molar-refractivity contribution >= 4 is 5.82 Å². The minimum Gasteiger partial charge on any atom is -0.377 e. The summed E-state index contributed by atoms with van der Waals surface area (Å²) in [6, 6.07) is 0. The summed E-state index contributed by atoms with van der Waals surface area (Å²) in [6.07, 6.45) is 6.13. The molecule has 3 heterocycles. The van der Waals surface area contributed by atoms with Crippen molar-refractivity contribution in [3.63, 3.8) is 0 Å².